The summed E-state index contributed by atoms with van der Waals surface area (Å²) in [7, 11) is -1.08. The maximum atomic E-state index is 2.76. The zero-order valence-corrected chi connectivity index (χ0v) is 21.5. The van der Waals surface area contributed by atoms with Gasteiger partial charge in [-0.15, -0.1) is 0 Å². The number of piperidine rings is 1. The van der Waals surface area contributed by atoms with Crippen LogP contribution in [0.4, 0.5) is 0 Å². The second kappa shape index (κ2) is 11.9. The first-order chi connectivity index (χ1) is 16.9. The highest BCUT2D eigenvalue weighted by atomic mass is 31.2. The quantitative estimate of drug-likeness (QED) is 0.276. The molecule has 0 unspecified atom stereocenters. The van der Waals surface area contributed by atoms with E-state index >= 15 is 0 Å². The fourth-order valence-corrected chi connectivity index (χ4v) is 12.3. The molecule has 0 atom stereocenters. The van der Waals surface area contributed by atoms with Crippen LogP contribution in [0.5, 0.6) is 0 Å². The van der Waals surface area contributed by atoms with Crippen molar-refractivity contribution in [2.45, 2.75) is 24.7 Å². The molecule has 4 aromatic carbocycles. The van der Waals surface area contributed by atoms with Crippen LogP contribution in [-0.4, -0.2) is 29.9 Å². The lowest BCUT2D eigenvalue weighted by Gasteiger charge is -2.40. The highest BCUT2D eigenvalue weighted by Gasteiger charge is 2.35. The highest BCUT2D eigenvalue weighted by molar-refractivity contribution is 7.89. The van der Waals surface area contributed by atoms with Crippen LogP contribution in [0.2, 0.25) is 0 Å². The summed E-state index contributed by atoms with van der Waals surface area (Å²) in [5.41, 5.74) is 0. The molecule has 1 saturated heterocycles. The van der Waals surface area contributed by atoms with Crippen molar-refractivity contribution in [1.29, 1.82) is 0 Å². The van der Waals surface area contributed by atoms with Gasteiger partial charge >= 0.3 is 0 Å². The molecule has 1 nitrogen and oxygen atoms in total. The van der Waals surface area contributed by atoms with Crippen molar-refractivity contribution in [1.82, 2.24) is 4.90 Å². The second-order valence-corrected chi connectivity index (χ2v) is 14.1. The predicted octanol–water partition coefficient (Wildman–Crippen LogP) is 6.06. The summed E-state index contributed by atoms with van der Waals surface area (Å²) in [6.07, 6.45) is 4.03. The van der Waals surface area contributed by atoms with Gasteiger partial charge in [-0.05, 0) is 63.0 Å². The molecule has 0 N–H and O–H groups in total. The standard InChI is InChI=1S/C31H33NP2/c1-6-16-27(17-7-1)33(28-18-8-2-9-19-28)31(26-32-24-14-5-15-25-32)34(29-20-10-3-11-21-29)30-22-12-4-13-23-30/h1-4,6-13,16-23,31H,5,14-15,24-26H2. The van der Waals surface area contributed by atoms with E-state index in [9.17, 15) is 0 Å². The number of benzene rings is 4. The Morgan fingerprint density at radius 2 is 0.794 bits per heavy atom. The summed E-state index contributed by atoms with van der Waals surface area (Å²) < 4.78 is 0. The average Bonchev–Trinajstić information content (AvgIpc) is 2.92. The maximum absolute atomic E-state index is 2.76. The molecular weight excluding hydrogens is 448 g/mol. The molecule has 5 rings (SSSR count). The van der Waals surface area contributed by atoms with Gasteiger partial charge in [0.15, 0.2) is 0 Å². The summed E-state index contributed by atoms with van der Waals surface area (Å²) in [5.74, 6) is 0. The lowest BCUT2D eigenvalue weighted by atomic mass is 10.1. The fourth-order valence-electron chi connectivity index (χ4n) is 4.99. The van der Waals surface area contributed by atoms with Crippen molar-refractivity contribution >= 4 is 37.1 Å². The Labute approximate surface area is 207 Å². The van der Waals surface area contributed by atoms with Gasteiger partial charge in [-0.2, -0.15) is 0 Å². The van der Waals surface area contributed by atoms with Crippen LogP contribution in [-0.2, 0) is 0 Å². The molecule has 1 aliphatic rings. The van der Waals surface area contributed by atoms with Crippen LogP contribution < -0.4 is 21.2 Å². The molecule has 34 heavy (non-hydrogen) atoms. The Kier molecular flexibility index (Phi) is 8.21. The second-order valence-electron chi connectivity index (χ2n) is 8.92. The van der Waals surface area contributed by atoms with Crippen LogP contribution in [0, 0.1) is 0 Å². The van der Waals surface area contributed by atoms with Crippen molar-refractivity contribution in [2.75, 3.05) is 19.6 Å². The van der Waals surface area contributed by atoms with E-state index in [1.54, 1.807) is 0 Å². The highest BCUT2D eigenvalue weighted by Crippen LogP contribution is 2.56. The van der Waals surface area contributed by atoms with Crippen LogP contribution in [0.1, 0.15) is 19.3 Å². The predicted molar refractivity (Wildman–Crippen MR) is 152 cm³/mol. The lowest BCUT2D eigenvalue weighted by molar-refractivity contribution is 0.238. The van der Waals surface area contributed by atoms with Gasteiger partial charge < -0.3 is 4.90 Å². The van der Waals surface area contributed by atoms with Gasteiger partial charge in [-0.25, -0.2) is 0 Å². The van der Waals surface area contributed by atoms with E-state index in [0.29, 0.717) is 5.40 Å². The number of likely N-dealkylation sites (tertiary alicyclic amines) is 1. The van der Waals surface area contributed by atoms with E-state index in [0.717, 1.165) is 6.54 Å². The van der Waals surface area contributed by atoms with Gasteiger partial charge in [-0.3, -0.25) is 0 Å². The number of hydrogen-bond donors (Lipinski definition) is 0. The van der Waals surface area contributed by atoms with Crippen LogP contribution in [0.15, 0.2) is 121 Å². The SMILES string of the molecule is c1ccc(P(c2ccccc2)C(CN2CCCCC2)P(c2ccccc2)c2ccccc2)cc1. The first kappa shape index (κ1) is 23.4. The molecule has 0 aromatic heterocycles. The van der Waals surface area contributed by atoms with E-state index in [1.807, 2.05) is 0 Å². The molecule has 0 saturated carbocycles. The molecule has 0 bridgehead atoms. The zero-order chi connectivity index (χ0) is 23.0. The summed E-state index contributed by atoms with van der Waals surface area (Å²) in [4.78, 5) is 2.76. The van der Waals surface area contributed by atoms with E-state index in [4.69, 9.17) is 0 Å². The van der Waals surface area contributed by atoms with Crippen LogP contribution in [0.3, 0.4) is 0 Å². The Morgan fingerprint density at radius 3 is 1.12 bits per heavy atom. The molecule has 3 heteroatoms. The van der Waals surface area contributed by atoms with Crippen molar-refractivity contribution in [2.24, 2.45) is 0 Å². The Morgan fingerprint density at radius 1 is 0.471 bits per heavy atom. The number of hydrogen-bond acceptors (Lipinski definition) is 1. The molecule has 1 fully saturated rings. The van der Waals surface area contributed by atoms with Gasteiger partial charge in [0.1, 0.15) is 0 Å². The molecule has 1 heterocycles. The van der Waals surface area contributed by atoms with Crippen molar-refractivity contribution in [3.8, 4) is 0 Å². The summed E-state index contributed by atoms with van der Waals surface area (Å²) in [6, 6.07) is 45.3. The fraction of sp³-hybridized carbons (Fsp3) is 0.226. The van der Waals surface area contributed by atoms with Crippen molar-refractivity contribution in [3.05, 3.63) is 121 Å². The first-order valence-corrected chi connectivity index (χ1v) is 15.2. The van der Waals surface area contributed by atoms with E-state index in [1.165, 1.54) is 53.6 Å². The summed E-state index contributed by atoms with van der Waals surface area (Å²) >= 11 is 0. The Balaban J connectivity index is 1.67. The Bertz CT molecular complexity index is 951. The summed E-state index contributed by atoms with van der Waals surface area (Å²) in [5, 5.41) is 6.50. The van der Waals surface area contributed by atoms with Crippen LogP contribution >= 0.6 is 15.8 Å². The molecule has 0 amide bonds. The average molecular weight is 482 g/mol. The molecule has 1 aliphatic heterocycles. The largest absolute Gasteiger partial charge is 0.302 e. The van der Waals surface area contributed by atoms with Gasteiger partial charge in [0.25, 0.3) is 0 Å². The van der Waals surface area contributed by atoms with E-state index < -0.39 is 15.8 Å². The molecule has 0 radical (unpaired) electrons. The normalized spacial score (nSPS) is 14.7. The van der Waals surface area contributed by atoms with E-state index in [2.05, 4.69) is 126 Å². The molecule has 0 spiro atoms. The van der Waals surface area contributed by atoms with Gasteiger partial charge in [0, 0.05) is 11.9 Å². The lowest BCUT2D eigenvalue weighted by Crippen LogP contribution is -2.40. The smallest absolute Gasteiger partial charge is 0.0282 e. The monoisotopic (exact) mass is 481 g/mol. The minimum atomic E-state index is -0.539. The third kappa shape index (κ3) is 5.67. The zero-order valence-electron chi connectivity index (χ0n) is 19.7. The molecule has 4 aromatic rings. The van der Waals surface area contributed by atoms with Crippen LogP contribution in [0.25, 0.3) is 0 Å². The van der Waals surface area contributed by atoms with Gasteiger partial charge in [-0.1, -0.05) is 128 Å². The number of nitrogens with zero attached hydrogens (tertiary/aromatic N) is 1. The summed E-state index contributed by atoms with van der Waals surface area (Å²) in [6.45, 7) is 3.62. The number of rotatable bonds is 8. The molecular formula is C31H33NP2. The third-order valence-electron chi connectivity index (χ3n) is 6.60. The maximum Gasteiger partial charge on any atom is 0.0282 e. The molecule has 0 aliphatic carbocycles. The first-order valence-electron chi connectivity index (χ1n) is 12.4. The molecule has 172 valence electrons. The van der Waals surface area contributed by atoms with Gasteiger partial charge in [0.05, 0.1) is 0 Å². The van der Waals surface area contributed by atoms with Crippen molar-refractivity contribution in [3.63, 3.8) is 0 Å². The van der Waals surface area contributed by atoms with Gasteiger partial charge in [0.2, 0.25) is 0 Å². The minimum Gasteiger partial charge on any atom is -0.302 e. The third-order valence-corrected chi connectivity index (χ3v) is 12.9. The Hall–Kier alpha value is -2.30. The topological polar surface area (TPSA) is 3.24 Å². The minimum absolute atomic E-state index is 0.539. The van der Waals surface area contributed by atoms with E-state index in [-0.39, 0.29) is 0 Å². The van der Waals surface area contributed by atoms with Crippen molar-refractivity contribution < 1.29 is 0 Å².